The molecule has 4 aromatic carbocycles. The Morgan fingerprint density at radius 2 is 1.29 bits per heavy atom. The smallest absolute Gasteiger partial charge is 0.343 e. The highest BCUT2D eigenvalue weighted by molar-refractivity contribution is 6.05. The van der Waals surface area contributed by atoms with Crippen molar-refractivity contribution in [1.82, 2.24) is 5.43 Å². The molecule has 0 saturated carbocycles. The number of para-hydroxylation sites is 1. The maximum Gasteiger partial charge on any atom is 0.343 e. The van der Waals surface area contributed by atoms with Crippen molar-refractivity contribution in [2.45, 2.75) is 0 Å². The molecule has 208 valence electrons. The van der Waals surface area contributed by atoms with Crippen molar-refractivity contribution in [2.24, 2.45) is 5.10 Å². The molecule has 41 heavy (non-hydrogen) atoms. The van der Waals surface area contributed by atoms with E-state index in [1.165, 1.54) is 39.7 Å². The number of rotatable bonds is 10. The zero-order valence-electron chi connectivity index (χ0n) is 22.5. The molecule has 0 bridgehead atoms. The van der Waals surface area contributed by atoms with Crippen LogP contribution >= 0.6 is 0 Å². The number of hydrogen-bond donors (Lipinski definition) is 2. The molecular formula is C31H27N3O7. The summed E-state index contributed by atoms with van der Waals surface area (Å²) in [6.07, 6.45) is 1.39. The number of carbonyl (C=O) groups is 3. The summed E-state index contributed by atoms with van der Waals surface area (Å²) in [6.45, 7) is 0. The standard InChI is InChI=1S/C31H27N3O7/c1-38-26-17-23(18-27(39-2)28(26)40-3)29(35)33-24-15-13-20(14-16-24)30(36)34-32-19-22-11-7-8-12-25(22)41-31(37)21-9-5-4-6-10-21/h4-19H,1-3H3,(H,33,35)(H,34,36)/b32-19-. The second-order valence-corrected chi connectivity index (χ2v) is 8.44. The maximum absolute atomic E-state index is 12.8. The molecule has 0 unspecified atom stereocenters. The Balaban J connectivity index is 1.38. The molecule has 0 aliphatic rings. The van der Waals surface area contributed by atoms with E-state index in [1.54, 1.807) is 72.8 Å². The number of anilines is 1. The van der Waals surface area contributed by atoms with Gasteiger partial charge in [-0.2, -0.15) is 5.10 Å². The van der Waals surface area contributed by atoms with Crippen molar-refractivity contribution in [1.29, 1.82) is 0 Å². The lowest BCUT2D eigenvalue weighted by molar-refractivity contribution is 0.0734. The van der Waals surface area contributed by atoms with Crippen LogP contribution in [0.15, 0.2) is 96.1 Å². The van der Waals surface area contributed by atoms with E-state index in [4.69, 9.17) is 18.9 Å². The summed E-state index contributed by atoms with van der Waals surface area (Å²) in [5.74, 6) is -0.0101. The third-order valence-electron chi connectivity index (χ3n) is 5.83. The summed E-state index contributed by atoms with van der Waals surface area (Å²) in [5, 5.41) is 6.77. The van der Waals surface area contributed by atoms with Crippen molar-refractivity contribution < 1.29 is 33.3 Å². The van der Waals surface area contributed by atoms with Crippen LogP contribution in [0, 0.1) is 0 Å². The minimum Gasteiger partial charge on any atom is -0.493 e. The van der Waals surface area contributed by atoms with Gasteiger partial charge in [-0.15, -0.1) is 0 Å². The normalized spacial score (nSPS) is 10.5. The lowest BCUT2D eigenvalue weighted by Gasteiger charge is -2.14. The Hall–Kier alpha value is -5.64. The number of amides is 2. The molecule has 10 heteroatoms. The Bertz CT molecular complexity index is 1540. The van der Waals surface area contributed by atoms with Gasteiger partial charge in [0.15, 0.2) is 11.5 Å². The fourth-order valence-corrected chi connectivity index (χ4v) is 3.76. The van der Waals surface area contributed by atoms with Crippen LogP contribution in [0.5, 0.6) is 23.0 Å². The van der Waals surface area contributed by atoms with E-state index in [9.17, 15) is 14.4 Å². The highest BCUT2D eigenvalue weighted by Crippen LogP contribution is 2.38. The summed E-state index contributed by atoms with van der Waals surface area (Å²) in [5.41, 5.74) is 4.44. The molecule has 10 nitrogen and oxygen atoms in total. The number of methoxy groups -OCH3 is 3. The topological polar surface area (TPSA) is 125 Å². The van der Waals surface area contributed by atoms with Crippen LogP contribution in [0.4, 0.5) is 5.69 Å². The molecule has 0 fully saturated rings. The molecule has 4 rings (SSSR count). The van der Waals surface area contributed by atoms with Gasteiger partial charge < -0.3 is 24.3 Å². The number of hydrogen-bond acceptors (Lipinski definition) is 8. The van der Waals surface area contributed by atoms with Crippen LogP contribution in [0.2, 0.25) is 0 Å². The first-order valence-electron chi connectivity index (χ1n) is 12.3. The summed E-state index contributed by atoms with van der Waals surface area (Å²) in [7, 11) is 4.41. The van der Waals surface area contributed by atoms with E-state index >= 15 is 0 Å². The zero-order chi connectivity index (χ0) is 29.2. The van der Waals surface area contributed by atoms with Crippen LogP contribution in [0.1, 0.15) is 36.6 Å². The van der Waals surface area contributed by atoms with Gasteiger partial charge in [-0.05, 0) is 60.7 Å². The molecule has 0 spiro atoms. The molecular weight excluding hydrogens is 526 g/mol. The van der Waals surface area contributed by atoms with Gasteiger partial charge in [0, 0.05) is 22.4 Å². The van der Waals surface area contributed by atoms with E-state index in [0.717, 1.165) is 0 Å². The zero-order valence-corrected chi connectivity index (χ0v) is 22.5. The predicted molar refractivity (Wildman–Crippen MR) is 153 cm³/mol. The molecule has 0 aliphatic carbocycles. The van der Waals surface area contributed by atoms with Gasteiger partial charge in [0.05, 0.1) is 33.1 Å². The van der Waals surface area contributed by atoms with E-state index in [1.807, 2.05) is 6.07 Å². The summed E-state index contributed by atoms with van der Waals surface area (Å²) in [4.78, 5) is 37.8. The Morgan fingerprint density at radius 3 is 1.93 bits per heavy atom. The molecule has 0 aliphatic heterocycles. The molecule has 0 saturated heterocycles. The van der Waals surface area contributed by atoms with Gasteiger partial charge in [-0.3, -0.25) is 9.59 Å². The van der Waals surface area contributed by atoms with Gasteiger partial charge in [0.25, 0.3) is 11.8 Å². The van der Waals surface area contributed by atoms with E-state index < -0.39 is 17.8 Å². The van der Waals surface area contributed by atoms with Crippen LogP contribution in [0.25, 0.3) is 0 Å². The molecule has 0 radical (unpaired) electrons. The molecule has 0 aromatic heterocycles. The van der Waals surface area contributed by atoms with Crippen molar-refractivity contribution >= 4 is 29.7 Å². The molecule has 2 N–H and O–H groups in total. The van der Waals surface area contributed by atoms with Gasteiger partial charge in [-0.1, -0.05) is 30.3 Å². The molecule has 2 amide bonds. The minimum absolute atomic E-state index is 0.297. The Labute approximate surface area is 236 Å². The van der Waals surface area contributed by atoms with Gasteiger partial charge >= 0.3 is 5.97 Å². The summed E-state index contributed by atoms with van der Waals surface area (Å²) in [6, 6.07) is 24.8. The van der Waals surface area contributed by atoms with Crippen LogP contribution < -0.4 is 29.7 Å². The number of hydrazone groups is 1. The second-order valence-electron chi connectivity index (χ2n) is 8.44. The van der Waals surface area contributed by atoms with Crippen molar-refractivity contribution in [3.8, 4) is 23.0 Å². The highest BCUT2D eigenvalue weighted by atomic mass is 16.5. The predicted octanol–water partition coefficient (Wildman–Crippen LogP) is 4.95. The lowest BCUT2D eigenvalue weighted by atomic mass is 10.1. The minimum atomic E-state index is -0.507. The Kier molecular flexibility index (Phi) is 9.29. The lowest BCUT2D eigenvalue weighted by Crippen LogP contribution is -2.18. The van der Waals surface area contributed by atoms with Crippen LogP contribution in [-0.2, 0) is 0 Å². The van der Waals surface area contributed by atoms with E-state index in [-0.39, 0.29) is 0 Å². The van der Waals surface area contributed by atoms with Gasteiger partial charge in [0.1, 0.15) is 5.75 Å². The van der Waals surface area contributed by atoms with E-state index in [2.05, 4.69) is 15.8 Å². The third-order valence-corrected chi connectivity index (χ3v) is 5.83. The second kappa shape index (κ2) is 13.4. The number of nitrogens with one attached hydrogen (secondary N) is 2. The van der Waals surface area contributed by atoms with Gasteiger partial charge in [0.2, 0.25) is 5.75 Å². The third kappa shape index (κ3) is 7.07. The SMILES string of the molecule is COc1cc(C(=O)Nc2ccc(C(=O)N/N=C\c3ccccc3OC(=O)c3ccccc3)cc2)cc(OC)c1OC. The quantitative estimate of drug-likeness (QED) is 0.123. The monoisotopic (exact) mass is 553 g/mol. The van der Waals surface area contributed by atoms with Crippen molar-refractivity contribution in [3.05, 3.63) is 113 Å². The number of carbonyl (C=O) groups excluding carboxylic acids is 3. The highest BCUT2D eigenvalue weighted by Gasteiger charge is 2.17. The summed E-state index contributed by atoms with van der Waals surface area (Å²) < 4.78 is 21.4. The van der Waals surface area contributed by atoms with Crippen molar-refractivity contribution in [3.63, 3.8) is 0 Å². The van der Waals surface area contributed by atoms with Crippen LogP contribution in [0.3, 0.4) is 0 Å². The largest absolute Gasteiger partial charge is 0.493 e. The summed E-state index contributed by atoms with van der Waals surface area (Å²) >= 11 is 0. The van der Waals surface area contributed by atoms with Crippen molar-refractivity contribution in [2.75, 3.05) is 26.6 Å². The molecule has 0 heterocycles. The maximum atomic E-state index is 12.8. The average molecular weight is 554 g/mol. The first-order valence-corrected chi connectivity index (χ1v) is 12.3. The number of ether oxygens (including phenoxy) is 4. The first kappa shape index (κ1) is 28.4. The fourth-order valence-electron chi connectivity index (χ4n) is 3.76. The fraction of sp³-hybridized carbons (Fsp3) is 0.0968. The number of nitrogens with zero attached hydrogens (tertiary/aromatic N) is 1. The molecule has 4 aromatic rings. The number of benzene rings is 4. The first-order chi connectivity index (χ1) is 19.9. The van der Waals surface area contributed by atoms with Crippen LogP contribution in [-0.4, -0.2) is 45.3 Å². The van der Waals surface area contributed by atoms with Gasteiger partial charge in [-0.25, -0.2) is 10.2 Å². The number of esters is 1. The average Bonchev–Trinajstić information content (AvgIpc) is 3.01. The van der Waals surface area contributed by atoms with E-state index in [0.29, 0.717) is 50.9 Å². The molecule has 0 atom stereocenters. The Morgan fingerprint density at radius 1 is 0.659 bits per heavy atom.